The maximum Gasteiger partial charge on any atom is 0.179 e. The van der Waals surface area contributed by atoms with Gasteiger partial charge >= 0.3 is 0 Å². The van der Waals surface area contributed by atoms with Crippen LogP contribution in [-0.4, -0.2) is 13.7 Å². The largest absolute Gasteiger partial charge is 0.493 e. The summed E-state index contributed by atoms with van der Waals surface area (Å²) in [6.45, 7) is 4.97. The van der Waals surface area contributed by atoms with E-state index in [1.807, 2.05) is 12.1 Å². The highest BCUT2D eigenvalue weighted by molar-refractivity contribution is 6.32. The first-order chi connectivity index (χ1) is 8.62. The van der Waals surface area contributed by atoms with Crippen molar-refractivity contribution >= 4 is 23.2 Å². The second kappa shape index (κ2) is 7.75. The van der Waals surface area contributed by atoms with Crippen molar-refractivity contribution in [3.8, 4) is 11.5 Å². The molecule has 4 heteroatoms. The number of halogens is 2. The van der Waals surface area contributed by atoms with Crippen LogP contribution in [0.5, 0.6) is 11.5 Å². The molecule has 0 aromatic heterocycles. The van der Waals surface area contributed by atoms with Gasteiger partial charge in [-0.15, -0.1) is 11.6 Å². The molecule has 0 fully saturated rings. The number of alkyl halides is 1. The standard InChI is InChI=1S/C14H20Cl2O2/c1-4-5-10(2)9-18-14-12(16)6-11(8-15)7-13(14)17-3/h6-7,10H,4-5,8-9H2,1-3H3. The second-order valence-corrected chi connectivity index (χ2v) is 5.12. The maximum absolute atomic E-state index is 6.19. The van der Waals surface area contributed by atoms with Gasteiger partial charge < -0.3 is 9.47 Å². The molecule has 0 aliphatic carbocycles. The summed E-state index contributed by atoms with van der Waals surface area (Å²) in [6.07, 6.45) is 2.29. The highest BCUT2D eigenvalue weighted by atomic mass is 35.5. The van der Waals surface area contributed by atoms with Crippen LogP contribution in [0, 0.1) is 5.92 Å². The molecule has 0 spiro atoms. The van der Waals surface area contributed by atoms with E-state index >= 15 is 0 Å². The molecular formula is C14H20Cl2O2. The summed E-state index contributed by atoms with van der Waals surface area (Å²) in [5.41, 5.74) is 0.924. The monoisotopic (exact) mass is 290 g/mol. The van der Waals surface area contributed by atoms with Crippen LogP contribution < -0.4 is 9.47 Å². The summed E-state index contributed by atoms with van der Waals surface area (Å²) in [4.78, 5) is 0. The number of hydrogen-bond acceptors (Lipinski definition) is 2. The Kier molecular flexibility index (Phi) is 6.66. The number of ether oxygens (including phenoxy) is 2. The van der Waals surface area contributed by atoms with Gasteiger partial charge in [-0.25, -0.2) is 0 Å². The molecule has 1 atom stereocenters. The average Bonchev–Trinajstić information content (AvgIpc) is 2.36. The van der Waals surface area contributed by atoms with E-state index in [-0.39, 0.29) is 0 Å². The van der Waals surface area contributed by atoms with Crippen LogP contribution >= 0.6 is 23.2 Å². The van der Waals surface area contributed by atoms with Crippen molar-refractivity contribution in [2.24, 2.45) is 5.92 Å². The summed E-state index contributed by atoms with van der Waals surface area (Å²) in [6, 6.07) is 3.68. The molecule has 0 N–H and O–H groups in total. The third kappa shape index (κ3) is 4.25. The molecule has 2 nitrogen and oxygen atoms in total. The minimum absolute atomic E-state index is 0.405. The lowest BCUT2D eigenvalue weighted by molar-refractivity contribution is 0.240. The molecule has 0 bridgehead atoms. The van der Waals surface area contributed by atoms with Crippen molar-refractivity contribution in [2.45, 2.75) is 32.6 Å². The Morgan fingerprint density at radius 3 is 2.61 bits per heavy atom. The van der Waals surface area contributed by atoms with Crippen molar-refractivity contribution in [3.05, 3.63) is 22.7 Å². The minimum Gasteiger partial charge on any atom is -0.493 e. The van der Waals surface area contributed by atoms with Crippen LogP contribution in [0.25, 0.3) is 0 Å². The van der Waals surface area contributed by atoms with Gasteiger partial charge in [-0.05, 0) is 30.0 Å². The fraction of sp³-hybridized carbons (Fsp3) is 0.571. The Hall–Kier alpha value is -0.600. The van der Waals surface area contributed by atoms with E-state index in [1.165, 1.54) is 0 Å². The summed E-state index contributed by atoms with van der Waals surface area (Å²) in [5.74, 6) is 2.16. The molecule has 1 aromatic carbocycles. The van der Waals surface area contributed by atoms with Crippen LogP contribution in [0.15, 0.2) is 12.1 Å². The normalized spacial score (nSPS) is 12.3. The Morgan fingerprint density at radius 2 is 2.06 bits per heavy atom. The van der Waals surface area contributed by atoms with Crippen LogP contribution in [0.2, 0.25) is 5.02 Å². The van der Waals surface area contributed by atoms with Gasteiger partial charge in [0.2, 0.25) is 0 Å². The quantitative estimate of drug-likeness (QED) is 0.665. The third-order valence-corrected chi connectivity index (χ3v) is 3.33. The van der Waals surface area contributed by atoms with Crippen LogP contribution in [0.3, 0.4) is 0 Å². The molecule has 1 rings (SSSR count). The summed E-state index contributed by atoms with van der Waals surface area (Å²) < 4.78 is 11.1. The fourth-order valence-electron chi connectivity index (χ4n) is 1.79. The molecule has 1 aromatic rings. The van der Waals surface area contributed by atoms with Gasteiger partial charge in [0.05, 0.1) is 18.7 Å². The smallest absolute Gasteiger partial charge is 0.179 e. The Bertz CT molecular complexity index is 380. The maximum atomic E-state index is 6.19. The minimum atomic E-state index is 0.405. The Labute approximate surface area is 119 Å². The van der Waals surface area contributed by atoms with Crippen LogP contribution in [0.4, 0.5) is 0 Å². The molecule has 0 saturated heterocycles. The molecule has 0 heterocycles. The van der Waals surface area contributed by atoms with E-state index in [2.05, 4.69) is 13.8 Å². The van der Waals surface area contributed by atoms with Gasteiger partial charge in [-0.2, -0.15) is 0 Å². The van der Waals surface area contributed by atoms with E-state index in [1.54, 1.807) is 7.11 Å². The molecule has 0 aliphatic rings. The van der Waals surface area contributed by atoms with Crippen molar-refractivity contribution in [2.75, 3.05) is 13.7 Å². The van der Waals surface area contributed by atoms with Gasteiger partial charge in [0.25, 0.3) is 0 Å². The highest BCUT2D eigenvalue weighted by Gasteiger charge is 2.13. The van der Waals surface area contributed by atoms with Gasteiger partial charge in [0.1, 0.15) is 0 Å². The molecule has 102 valence electrons. The summed E-state index contributed by atoms with van der Waals surface area (Å²) >= 11 is 12.0. The lowest BCUT2D eigenvalue weighted by Crippen LogP contribution is -2.09. The SMILES string of the molecule is CCCC(C)COc1c(Cl)cc(CCl)cc1OC. The van der Waals surface area contributed by atoms with Gasteiger partial charge in [-0.3, -0.25) is 0 Å². The Morgan fingerprint density at radius 1 is 1.33 bits per heavy atom. The predicted octanol–water partition coefficient (Wildman–Crippen LogP) is 4.90. The molecule has 0 aliphatic heterocycles. The van der Waals surface area contributed by atoms with E-state index in [4.69, 9.17) is 32.7 Å². The predicted molar refractivity (Wildman–Crippen MR) is 77.1 cm³/mol. The lowest BCUT2D eigenvalue weighted by Gasteiger charge is -2.16. The van der Waals surface area contributed by atoms with Crippen molar-refractivity contribution < 1.29 is 9.47 Å². The Balaban J connectivity index is 2.81. The van der Waals surface area contributed by atoms with E-state index in [9.17, 15) is 0 Å². The topological polar surface area (TPSA) is 18.5 Å². The second-order valence-electron chi connectivity index (χ2n) is 4.45. The number of methoxy groups -OCH3 is 1. The first-order valence-corrected chi connectivity index (χ1v) is 7.08. The molecule has 0 saturated carbocycles. The van der Waals surface area contributed by atoms with Crippen molar-refractivity contribution in [3.63, 3.8) is 0 Å². The number of benzene rings is 1. The number of rotatable bonds is 7. The zero-order valence-electron chi connectivity index (χ0n) is 11.1. The van der Waals surface area contributed by atoms with Crippen LogP contribution in [0.1, 0.15) is 32.3 Å². The number of hydrogen-bond donors (Lipinski definition) is 0. The average molecular weight is 291 g/mol. The van der Waals surface area contributed by atoms with E-state index in [0.29, 0.717) is 34.9 Å². The van der Waals surface area contributed by atoms with Gasteiger partial charge in [0, 0.05) is 5.88 Å². The molecular weight excluding hydrogens is 271 g/mol. The zero-order chi connectivity index (χ0) is 13.5. The fourth-order valence-corrected chi connectivity index (χ4v) is 2.23. The first-order valence-electron chi connectivity index (χ1n) is 6.17. The van der Waals surface area contributed by atoms with Crippen molar-refractivity contribution in [1.29, 1.82) is 0 Å². The lowest BCUT2D eigenvalue weighted by atomic mass is 10.1. The first kappa shape index (κ1) is 15.5. The van der Waals surface area contributed by atoms with Crippen LogP contribution in [-0.2, 0) is 5.88 Å². The molecule has 18 heavy (non-hydrogen) atoms. The van der Waals surface area contributed by atoms with Gasteiger partial charge in [-0.1, -0.05) is 31.9 Å². The molecule has 0 amide bonds. The zero-order valence-corrected chi connectivity index (χ0v) is 12.6. The molecule has 1 unspecified atom stereocenters. The van der Waals surface area contributed by atoms with Gasteiger partial charge in [0.15, 0.2) is 11.5 Å². The third-order valence-electron chi connectivity index (χ3n) is 2.74. The van der Waals surface area contributed by atoms with E-state index in [0.717, 1.165) is 18.4 Å². The molecule has 0 radical (unpaired) electrons. The summed E-state index contributed by atoms with van der Waals surface area (Å²) in [7, 11) is 1.60. The summed E-state index contributed by atoms with van der Waals surface area (Å²) in [5, 5.41) is 0.550. The van der Waals surface area contributed by atoms with E-state index < -0.39 is 0 Å². The highest BCUT2D eigenvalue weighted by Crippen LogP contribution is 2.37. The van der Waals surface area contributed by atoms with Crippen molar-refractivity contribution in [1.82, 2.24) is 0 Å².